The van der Waals surface area contributed by atoms with Crippen LogP contribution in [0.15, 0.2) is 4.79 Å². The molecular formula is C10H14ClN3O2S. The lowest BCUT2D eigenvalue weighted by atomic mass is 10.1. The Morgan fingerprint density at radius 2 is 2.41 bits per heavy atom. The standard InChI is InChI=1S/C10H14ClN3O2S/c11-2-1-3-14-7-5-17-4-6(9(12)15)8(7)13-10(14)16/h6H,1-5H2,(H2,12,15)(H,13,16). The van der Waals surface area contributed by atoms with E-state index < -0.39 is 0 Å². The number of nitrogens with two attached hydrogens (primary N) is 1. The van der Waals surface area contributed by atoms with Crippen molar-refractivity contribution in [1.82, 2.24) is 9.55 Å². The van der Waals surface area contributed by atoms with E-state index in [1.165, 1.54) is 0 Å². The molecule has 0 bridgehead atoms. The van der Waals surface area contributed by atoms with E-state index >= 15 is 0 Å². The zero-order chi connectivity index (χ0) is 12.4. The normalized spacial score (nSPS) is 19.0. The van der Waals surface area contributed by atoms with Crippen LogP contribution in [-0.2, 0) is 17.1 Å². The molecule has 1 aromatic heterocycles. The highest BCUT2D eigenvalue weighted by Crippen LogP contribution is 2.31. The molecule has 0 fully saturated rings. The van der Waals surface area contributed by atoms with E-state index in [2.05, 4.69) is 4.98 Å². The quantitative estimate of drug-likeness (QED) is 0.791. The van der Waals surface area contributed by atoms with Gasteiger partial charge in [0.25, 0.3) is 0 Å². The first-order valence-electron chi connectivity index (χ1n) is 5.39. The van der Waals surface area contributed by atoms with Crippen LogP contribution in [0.4, 0.5) is 0 Å². The first-order valence-corrected chi connectivity index (χ1v) is 7.08. The number of primary amides is 1. The van der Waals surface area contributed by atoms with Crippen LogP contribution >= 0.6 is 23.4 Å². The number of nitrogens with one attached hydrogen (secondary N) is 1. The Kier molecular flexibility index (Phi) is 3.83. The number of rotatable bonds is 4. The summed E-state index contributed by atoms with van der Waals surface area (Å²) < 4.78 is 1.67. The highest BCUT2D eigenvalue weighted by molar-refractivity contribution is 7.98. The van der Waals surface area contributed by atoms with Crippen molar-refractivity contribution >= 4 is 29.3 Å². The van der Waals surface area contributed by atoms with Gasteiger partial charge in [-0.15, -0.1) is 11.6 Å². The summed E-state index contributed by atoms with van der Waals surface area (Å²) in [4.78, 5) is 25.8. The number of thioether (sulfide) groups is 1. The number of hydrogen-bond donors (Lipinski definition) is 2. The summed E-state index contributed by atoms with van der Waals surface area (Å²) in [6, 6.07) is 0. The molecule has 2 rings (SSSR count). The van der Waals surface area contributed by atoms with E-state index in [0.717, 1.165) is 17.9 Å². The van der Waals surface area contributed by atoms with Gasteiger partial charge in [0.2, 0.25) is 5.91 Å². The molecule has 1 aliphatic heterocycles. The molecular weight excluding hydrogens is 262 g/mol. The molecule has 17 heavy (non-hydrogen) atoms. The van der Waals surface area contributed by atoms with E-state index in [1.807, 2.05) is 0 Å². The first kappa shape index (κ1) is 12.6. The van der Waals surface area contributed by atoms with Crippen molar-refractivity contribution in [2.24, 2.45) is 5.73 Å². The molecule has 0 spiro atoms. The molecule has 0 saturated heterocycles. The summed E-state index contributed by atoms with van der Waals surface area (Å²) in [7, 11) is 0. The Bertz CT molecular complexity index is 482. The number of amides is 1. The van der Waals surface area contributed by atoms with Gasteiger partial charge >= 0.3 is 5.69 Å². The Morgan fingerprint density at radius 1 is 1.65 bits per heavy atom. The molecule has 1 unspecified atom stereocenters. The Labute approximate surface area is 108 Å². The van der Waals surface area contributed by atoms with Crippen LogP contribution in [0.1, 0.15) is 23.7 Å². The number of alkyl halides is 1. The second kappa shape index (κ2) is 5.18. The number of fused-ring (bicyclic) bond motifs is 1. The summed E-state index contributed by atoms with van der Waals surface area (Å²) in [6.07, 6.45) is 0.734. The van der Waals surface area contributed by atoms with Gasteiger partial charge in [0.15, 0.2) is 0 Å². The molecule has 2 heterocycles. The summed E-state index contributed by atoms with van der Waals surface area (Å²) in [6.45, 7) is 0.584. The SMILES string of the molecule is NC(=O)C1CSCc2c1[nH]c(=O)n2CCCCl. The average molecular weight is 276 g/mol. The summed E-state index contributed by atoms with van der Waals surface area (Å²) in [5.41, 5.74) is 6.74. The van der Waals surface area contributed by atoms with Crippen molar-refractivity contribution in [2.75, 3.05) is 11.6 Å². The number of carbonyl (C=O) groups excluding carboxylic acids is 1. The highest BCUT2D eigenvalue weighted by atomic mass is 35.5. The number of H-pyrrole nitrogens is 1. The summed E-state index contributed by atoms with van der Waals surface area (Å²) in [5, 5.41) is 0. The molecule has 0 saturated carbocycles. The number of hydrogen-bond acceptors (Lipinski definition) is 3. The fourth-order valence-electron chi connectivity index (χ4n) is 2.00. The number of halogens is 1. The first-order chi connectivity index (χ1) is 8.15. The second-order valence-corrected chi connectivity index (χ2v) is 5.36. The molecule has 5 nitrogen and oxygen atoms in total. The van der Waals surface area contributed by atoms with Crippen molar-refractivity contribution in [2.45, 2.75) is 24.6 Å². The van der Waals surface area contributed by atoms with Crippen molar-refractivity contribution in [3.05, 3.63) is 21.9 Å². The van der Waals surface area contributed by atoms with Crippen LogP contribution in [0.2, 0.25) is 0 Å². The van der Waals surface area contributed by atoms with E-state index in [1.54, 1.807) is 16.3 Å². The molecule has 0 aliphatic carbocycles. The van der Waals surface area contributed by atoms with Gasteiger partial charge in [-0.1, -0.05) is 0 Å². The number of aromatic nitrogens is 2. The molecule has 3 N–H and O–H groups in total. The fourth-order valence-corrected chi connectivity index (χ4v) is 3.31. The van der Waals surface area contributed by atoms with Crippen molar-refractivity contribution in [1.29, 1.82) is 0 Å². The lowest BCUT2D eigenvalue weighted by Crippen LogP contribution is -2.27. The van der Waals surface area contributed by atoms with Crippen molar-refractivity contribution in [3.63, 3.8) is 0 Å². The van der Waals surface area contributed by atoms with Crippen LogP contribution in [-0.4, -0.2) is 27.1 Å². The Morgan fingerprint density at radius 3 is 3.06 bits per heavy atom. The van der Waals surface area contributed by atoms with E-state index in [4.69, 9.17) is 17.3 Å². The van der Waals surface area contributed by atoms with Gasteiger partial charge in [0, 0.05) is 23.9 Å². The highest BCUT2D eigenvalue weighted by Gasteiger charge is 2.29. The van der Waals surface area contributed by atoms with Crippen LogP contribution in [0, 0.1) is 0 Å². The lowest BCUT2D eigenvalue weighted by Gasteiger charge is -2.19. The molecule has 1 atom stereocenters. The number of nitrogens with zero attached hydrogens (tertiary/aromatic N) is 1. The third kappa shape index (κ3) is 2.37. The number of imidazole rings is 1. The largest absolute Gasteiger partial charge is 0.369 e. The zero-order valence-electron chi connectivity index (χ0n) is 9.24. The monoisotopic (exact) mass is 275 g/mol. The van der Waals surface area contributed by atoms with Crippen LogP contribution < -0.4 is 11.4 Å². The minimum Gasteiger partial charge on any atom is -0.369 e. The molecule has 0 radical (unpaired) electrons. The second-order valence-electron chi connectivity index (χ2n) is 3.95. The minimum atomic E-state index is -0.385. The maximum absolute atomic E-state index is 11.8. The van der Waals surface area contributed by atoms with E-state index in [0.29, 0.717) is 23.9 Å². The molecule has 7 heteroatoms. The van der Waals surface area contributed by atoms with Crippen LogP contribution in [0.3, 0.4) is 0 Å². The summed E-state index contributed by atoms with van der Waals surface area (Å²) >= 11 is 7.25. The lowest BCUT2D eigenvalue weighted by molar-refractivity contribution is -0.119. The molecule has 0 aromatic carbocycles. The average Bonchev–Trinajstić information content (AvgIpc) is 2.61. The van der Waals surface area contributed by atoms with Gasteiger partial charge in [0.1, 0.15) is 0 Å². The van der Waals surface area contributed by atoms with Gasteiger partial charge in [-0.3, -0.25) is 9.36 Å². The zero-order valence-corrected chi connectivity index (χ0v) is 10.8. The van der Waals surface area contributed by atoms with Gasteiger partial charge in [-0.25, -0.2) is 4.79 Å². The third-order valence-corrected chi connectivity index (χ3v) is 4.17. The van der Waals surface area contributed by atoms with Gasteiger partial charge < -0.3 is 10.7 Å². The van der Waals surface area contributed by atoms with E-state index in [-0.39, 0.29) is 17.5 Å². The predicted octanol–water partition coefficient (Wildman–Crippen LogP) is 0.621. The van der Waals surface area contributed by atoms with Gasteiger partial charge in [-0.05, 0) is 6.42 Å². The molecule has 1 aliphatic rings. The minimum absolute atomic E-state index is 0.172. The van der Waals surface area contributed by atoms with Gasteiger partial charge in [0.05, 0.1) is 17.3 Å². The topological polar surface area (TPSA) is 80.9 Å². The predicted molar refractivity (Wildman–Crippen MR) is 68.5 cm³/mol. The smallest absolute Gasteiger partial charge is 0.325 e. The molecule has 94 valence electrons. The number of aromatic amines is 1. The summed E-state index contributed by atoms with van der Waals surface area (Å²) in [5.74, 6) is 1.12. The Hall–Kier alpha value is -0.880. The van der Waals surface area contributed by atoms with Gasteiger partial charge in [-0.2, -0.15) is 11.8 Å². The molecule has 1 amide bonds. The molecule has 1 aromatic rings. The third-order valence-electron chi connectivity index (χ3n) is 2.85. The maximum Gasteiger partial charge on any atom is 0.325 e. The van der Waals surface area contributed by atoms with Crippen LogP contribution in [0.25, 0.3) is 0 Å². The number of carbonyl (C=O) groups is 1. The van der Waals surface area contributed by atoms with Crippen molar-refractivity contribution < 1.29 is 4.79 Å². The van der Waals surface area contributed by atoms with E-state index in [9.17, 15) is 9.59 Å². The Balaban J connectivity index is 2.38. The maximum atomic E-state index is 11.8. The van der Waals surface area contributed by atoms with Crippen LogP contribution in [0.5, 0.6) is 0 Å². The fraction of sp³-hybridized carbons (Fsp3) is 0.600. The van der Waals surface area contributed by atoms with Crippen molar-refractivity contribution in [3.8, 4) is 0 Å².